The quantitative estimate of drug-likeness (QED) is 0.864. The van der Waals surface area contributed by atoms with Crippen LogP contribution in [-0.2, 0) is 16.1 Å². The molecule has 1 aromatic rings. The number of nitrogens with zero attached hydrogens (tertiary/aromatic N) is 2. The average molecular weight is 290 g/mol. The Morgan fingerprint density at radius 3 is 2.76 bits per heavy atom. The van der Waals surface area contributed by atoms with E-state index in [0.29, 0.717) is 38.1 Å². The van der Waals surface area contributed by atoms with E-state index in [4.69, 9.17) is 14.8 Å². The van der Waals surface area contributed by atoms with E-state index in [0.717, 1.165) is 0 Å². The first kappa shape index (κ1) is 15.1. The van der Waals surface area contributed by atoms with Gasteiger partial charge in [0.2, 0.25) is 5.91 Å². The molecule has 0 aliphatic heterocycles. The van der Waals surface area contributed by atoms with Crippen molar-refractivity contribution in [1.29, 1.82) is 5.26 Å². The molecule has 1 heterocycles. The van der Waals surface area contributed by atoms with Crippen molar-refractivity contribution >= 4 is 11.9 Å². The molecular weight excluding hydrogens is 272 g/mol. The van der Waals surface area contributed by atoms with Crippen LogP contribution in [0.1, 0.15) is 31.4 Å². The van der Waals surface area contributed by atoms with Gasteiger partial charge in [-0.2, -0.15) is 5.26 Å². The Balaban J connectivity index is 2.00. The van der Waals surface area contributed by atoms with Crippen LogP contribution in [0.2, 0.25) is 0 Å². The molecule has 1 N–H and O–H groups in total. The van der Waals surface area contributed by atoms with Gasteiger partial charge in [0.25, 0.3) is 0 Å². The molecule has 0 spiro atoms. The number of carbonyl (C=O) groups is 2. The zero-order valence-corrected chi connectivity index (χ0v) is 11.7. The fraction of sp³-hybridized carbons (Fsp3) is 0.533. The van der Waals surface area contributed by atoms with E-state index in [2.05, 4.69) is 0 Å². The van der Waals surface area contributed by atoms with Gasteiger partial charge in [-0.05, 0) is 31.4 Å². The molecule has 1 aliphatic carbocycles. The van der Waals surface area contributed by atoms with Crippen LogP contribution in [0.5, 0.6) is 0 Å². The van der Waals surface area contributed by atoms with Gasteiger partial charge in [0, 0.05) is 12.5 Å². The van der Waals surface area contributed by atoms with Crippen LogP contribution in [-0.4, -0.2) is 28.4 Å². The molecule has 1 saturated carbocycles. The van der Waals surface area contributed by atoms with Gasteiger partial charge in [0.05, 0.1) is 31.2 Å². The summed E-state index contributed by atoms with van der Waals surface area (Å²) in [5, 5.41) is 17.7. The fourth-order valence-corrected chi connectivity index (χ4v) is 2.73. The van der Waals surface area contributed by atoms with Gasteiger partial charge >= 0.3 is 5.97 Å². The molecule has 6 nitrogen and oxygen atoms in total. The molecule has 0 saturated heterocycles. The Morgan fingerprint density at radius 2 is 2.19 bits per heavy atom. The van der Waals surface area contributed by atoms with Gasteiger partial charge in [0.1, 0.15) is 5.76 Å². The zero-order valence-electron chi connectivity index (χ0n) is 11.7. The maximum atomic E-state index is 12.5. The maximum absolute atomic E-state index is 12.5. The Labute approximate surface area is 123 Å². The van der Waals surface area contributed by atoms with Crippen LogP contribution >= 0.6 is 0 Å². The lowest BCUT2D eigenvalue weighted by Crippen LogP contribution is -2.35. The minimum atomic E-state index is -0.833. The van der Waals surface area contributed by atoms with E-state index in [1.54, 1.807) is 17.0 Å². The molecule has 112 valence electrons. The van der Waals surface area contributed by atoms with Gasteiger partial charge in [0.15, 0.2) is 0 Å². The number of aliphatic carboxylic acids is 1. The molecule has 1 amide bonds. The number of amides is 1. The zero-order chi connectivity index (χ0) is 15.2. The number of hydrogen-bond donors (Lipinski definition) is 1. The maximum Gasteiger partial charge on any atom is 0.306 e. The van der Waals surface area contributed by atoms with E-state index in [9.17, 15) is 9.59 Å². The van der Waals surface area contributed by atoms with Crippen LogP contribution in [0.15, 0.2) is 22.8 Å². The molecule has 1 fully saturated rings. The van der Waals surface area contributed by atoms with Crippen molar-refractivity contribution in [2.75, 3.05) is 6.54 Å². The van der Waals surface area contributed by atoms with Crippen LogP contribution in [0.3, 0.4) is 0 Å². The van der Waals surface area contributed by atoms with Crippen molar-refractivity contribution in [1.82, 2.24) is 4.90 Å². The Hall–Kier alpha value is -2.29. The highest BCUT2D eigenvalue weighted by Crippen LogP contribution is 2.32. The minimum absolute atomic E-state index is 0.0783. The lowest BCUT2D eigenvalue weighted by atomic mass is 10.0. The Kier molecular flexibility index (Phi) is 4.99. The van der Waals surface area contributed by atoms with E-state index in [-0.39, 0.29) is 18.2 Å². The highest BCUT2D eigenvalue weighted by Gasteiger charge is 2.35. The van der Waals surface area contributed by atoms with Gasteiger partial charge in [-0.25, -0.2) is 0 Å². The van der Waals surface area contributed by atoms with Gasteiger partial charge < -0.3 is 14.4 Å². The minimum Gasteiger partial charge on any atom is -0.481 e. The smallest absolute Gasteiger partial charge is 0.306 e. The van der Waals surface area contributed by atoms with E-state index < -0.39 is 11.9 Å². The van der Waals surface area contributed by atoms with E-state index in [1.807, 2.05) is 6.07 Å². The number of furan rings is 1. The first-order valence-electron chi connectivity index (χ1n) is 7.02. The summed E-state index contributed by atoms with van der Waals surface area (Å²) in [7, 11) is 0. The average Bonchev–Trinajstić information content (AvgIpc) is 3.13. The van der Waals surface area contributed by atoms with Crippen molar-refractivity contribution in [2.45, 2.75) is 32.2 Å². The summed E-state index contributed by atoms with van der Waals surface area (Å²) in [5.41, 5.74) is 0. The monoisotopic (exact) mass is 290 g/mol. The molecule has 2 unspecified atom stereocenters. The first-order chi connectivity index (χ1) is 10.1. The van der Waals surface area contributed by atoms with Crippen molar-refractivity contribution in [2.24, 2.45) is 11.8 Å². The summed E-state index contributed by atoms with van der Waals surface area (Å²) in [4.78, 5) is 25.1. The van der Waals surface area contributed by atoms with Crippen LogP contribution in [0.4, 0.5) is 0 Å². The first-order valence-corrected chi connectivity index (χ1v) is 7.02. The third-order valence-corrected chi connectivity index (χ3v) is 3.86. The number of carboxylic acid groups (broad SMARTS) is 1. The third kappa shape index (κ3) is 3.85. The molecule has 21 heavy (non-hydrogen) atoms. The van der Waals surface area contributed by atoms with Gasteiger partial charge in [-0.15, -0.1) is 0 Å². The van der Waals surface area contributed by atoms with Crippen molar-refractivity contribution in [3.05, 3.63) is 24.2 Å². The fourth-order valence-electron chi connectivity index (χ4n) is 2.73. The second kappa shape index (κ2) is 6.93. The second-order valence-corrected chi connectivity index (χ2v) is 5.29. The summed E-state index contributed by atoms with van der Waals surface area (Å²) in [6.07, 6.45) is 3.31. The largest absolute Gasteiger partial charge is 0.481 e. The number of hydrogen-bond acceptors (Lipinski definition) is 4. The standard InChI is InChI=1S/C15H18N2O4/c16-6-2-7-17(10-13-3-1-8-21-13)14(18)11-4-5-12(9-11)15(19)20/h1,3,8,11-12H,2,4-5,7,9-10H2,(H,19,20). The molecule has 2 atom stereocenters. The Morgan fingerprint density at radius 1 is 1.43 bits per heavy atom. The highest BCUT2D eigenvalue weighted by atomic mass is 16.4. The van der Waals surface area contributed by atoms with Crippen molar-refractivity contribution in [3.8, 4) is 6.07 Å². The lowest BCUT2D eigenvalue weighted by molar-refractivity contribution is -0.141. The SMILES string of the molecule is N#CCCN(Cc1ccco1)C(=O)C1CCC(C(=O)O)C1. The van der Waals surface area contributed by atoms with Crippen LogP contribution in [0.25, 0.3) is 0 Å². The van der Waals surface area contributed by atoms with Gasteiger partial charge in [-0.1, -0.05) is 0 Å². The summed E-state index contributed by atoms with van der Waals surface area (Å²) in [5.74, 6) is -0.945. The van der Waals surface area contributed by atoms with E-state index in [1.165, 1.54) is 6.26 Å². The number of rotatable bonds is 6. The second-order valence-electron chi connectivity index (χ2n) is 5.29. The number of carboxylic acids is 1. The third-order valence-electron chi connectivity index (χ3n) is 3.86. The summed E-state index contributed by atoms with van der Waals surface area (Å²) in [6.45, 7) is 0.659. The molecule has 0 bridgehead atoms. The predicted molar refractivity (Wildman–Crippen MR) is 72.8 cm³/mol. The molecular formula is C15H18N2O4. The molecule has 0 radical (unpaired) electrons. The van der Waals surface area contributed by atoms with Crippen LogP contribution < -0.4 is 0 Å². The molecule has 1 aromatic heterocycles. The van der Waals surface area contributed by atoms with E-state index >= 15 is 0 Å². The van der Waals surface area contributed by atoms with Crippen molar-refractivity contribution < 1.29 is 19.1 Å². The lowest BCUT2D eigenvalue weighted by Gasteiger charge is -2.24. The predicted octanol–water partition coefficient (Wildman–Crippen LogP) is 2.02. The van der Waals surface area contributed by atoms with Crippen molar-refractivity contribution in [3.63, 3.8) is 0 Å². The molecule has 1 aliphatic rings. The van der Waals surface area contributed by atoms with Crippen LogP contribution in [0, 0.1) is 23.2 Å². The summed E-state index contributed by atoms with van der Waals surface area (Å²) < 4.78 is 5.25. The highest BCUT2D eigenvalue weighted by molar-refractivity contribution is 5.81. The Bertz CT molecular complexity index is 532. The number of carbonyl (C=O) groups excluding carboxylic acids is 1. The summed E-state index contributed by atoms with van der Waals surface area (Å²) in [6, 6.07) is 5.56. The molecule has 2 rings (SSSR count). The molecule has 0 aromatic carbocycles. The topological polar surface area (TPSA) is 94.5 Å². The normalized spacial score (nSPS) is 20.9. The summed E-state index contributed by atoms with van der Waals surface area (Å²) >= 11 is 0. The molecule has 6 heteroatoms. The van der Waals surface area contributed by atoms with Gasteiger partial charge in [-0.3, -0.25) is 9.59 Å². The number of nitriles is 1.